The van der Waals surface area contributed by atoms with Crippen LogP contribution in [-0.2, 0) is 0 Å². The molecule has 0 aliphatic heterocycles. The molecule has 0 aliphatic carbocycles. The average molecular weight is 352 g/mol. The van der Waals surface area contributed by atoms with E-state index >= 15 is 0 Å². The summed E-state index contributed by atoms with van der Waals surface area (Å²) in [5.41, 5.74) is 10.9. The topological polar surface area (TPSA) is 35.2 Å². The van der Waals surface area contributed by atoms with Crippen molar-refractivity contribution in [3.8, 4) is 5.75 Å². The molecule has 0 amide bonds. The van der Waals surface area contributed by atoms with Crippen molar-refractivity contribution in [2.75, 3.05) is 7.11 Å². The molecule has 2 aromatic rings. The Morgan fingerprint density at radius 1 is 1.14 bits per heavy atom. The van der Waals surface area contributed by atoms with Gasteiger partial charge in [-0.3, -0.25) is 0 Å². The maximum Gasteiger partial charge on any atom is 0.127 e. The summed E-state index contributed by atoms with van der Waals surface area (Å²) >= 11 is 3.54. The number of halogens is 2. The molecule has 0 spiro atoms. The third-order valence-electron chi connectivity index (χ3n) is 3.65. The molecule has 0 fully saturated rings. The van der Waals surface area contributed by atoms with Crippen LogP contribution in [0.2, 0.25) is 0 Å². The van der Waals surface area contributed by atoms with Crippen LogP contribution in [0, 0.1) is 26.6 Å². The molecule has 21 heavy (non-hydrogen) atoms. The molecule has 0 bridgehead atoms. The van der Waals surface area contributed by atoms with Crippen LogP contribution in [0.3, 0.4) is 0 Å². The van der Waals surface area contributed by atoms with E-state index in [0.717, 1.165) is 38.0 Å². The molecule has 0 saturated heterocycles. The summed E-state index contributed by atoms with van der Waals surface area (Å²) in [7, 11) is 1.63. The van der Waals surface area contributed by atoms with E-state index in [2.05, 4.69) is 15.9 Å². The molecule has 1 unspecified atom stereocenters. The second-order valence-corrected chi connectivity index (χ2v) is 6.14. The number of nitrogens with two attached hydrogens (primary N) is 1. The zero-order valence-electron chi connectivity index (χ0n) is 12.6. The Bertz CT molecular complexity index is 665. The molecular formula is C17H19BrFNO. The Labute approximate surface area is 133 Å². The van der Waals surface area contributed by atoms with Crippen LogP contribution in [0.15, 0.2) is 28.7 Å². The summed E-state index contributed by atoms with van der Waals surface area (Å²) in [5, 5.41) is 0. The summed E-state index contributed by atoms with van der Waals surface area (Å²) in [6, 6.07) is 6.44. The highest BCUT2D eigenvalue weighted by Crippen LogP contribution is 2.38. The number of ether oxygens (including phenoxy) is 1. The minimum absolute atomic E-state index is 0.274. The molecule has 0 heterocycles. The minimum atomic E-state index is -0.439. The van der Waals surface area contributed by atoms with Gasteiger partial charge in [-0.05, 0) is 61.2 Å². The molecule has 0 aliphatic rings. The van der Waals surface area contributed by atoms with Gasteiger partial charge >= 0.3 is 0 Å². The fourth-order valence-electron chi connectivity index (χ4n) is 2.63. The molecular weight excluding hydrogens is 333 g/mol. The SMILES string of the molecule is COc1c(C)cc(Br)c(C)c1C(N)c1cc(C)cc(F)c1. The van der Waals surface area contributed by atoms with E-state index in [0.29, 0.717) is 0 Å². The van der Waals surface area contributed by atoms with Gasteiger partial charge in [0.1, 0.15) is 11.6 Å². The molecule has 0 aromatic heterocycles. The van der Waals surface area contributed by atoms with Crippen molar-refractivity contribution in [1.29, 1.82) is 0 Å². The number of aryl methyl sites for hydroxylation is 2. The minimum Gasteiger partial charge on any atom is -0.496 e. The zero-order valence-corrected chi connectivity index (χ0v) is 14.2. The smallest absolute Gasteiger partial charge is 0.127 e. The molecule has 0 radical (unpaired) electrons. The third-order valence-corrected chi connectivity index (χ3v) is 4.47. The molecule has 2 aromatic carbocycles. The van der Waals surface area contributed by atoms with Crippen LogP contribution in [0.25, 0.3) is 0 Å². The van der Waals surface area contributed by atoms with Crippen molar-refractivity contribution in [2.45, 2.75) is 26.8 Å². The molecule has 112 valence electrons. The highest BCUT2D eigenvalue weighted by Gasteiger charge is 2.21. The van der Waals surface area contributed by atoms with Gasteiger partial charge in [0.25, 0.3) is 0 Å². The molecule has 2 nitrogen and oxygen atoms in total. The van der Waals surface area contributed by atoms with E-state index in [1.165, 1.54) is 12.1 Å². The van der Waals surface area contributed by atoms with Crippen molar-refractivity contribution >= 4 is 15.9 Å². The van der Waals surface area contributed by atoms with Crippen LogP contribution in [0.1, 0.15) is 33.9 Å². The standard InChI is InChI=1S/C17H19BrFNO/c1-9-5-12(8-13(19)6-9)16(20)15-11(3)14(18)7-10(2)17(15)21-4/h5-8,16H,20H2,1-4H3. The van der Waals surface area contributed by atoms with Gasteiger partial charge in [-0.1, -0.05) is 22.0 Å². The van der Waals surface area contributed by atoms with Gasteiger partial charge in [-0.2, -0.15) is 0 Å². The summed E-state index contributed by atoms with van der Waals surface area (Å²) in [6.45, 7) is 5.80. The van der Waals surface area contributed by atoms with Gasteiger partial charge in [-0.15, -0.1) is 0 Å². The van der Waals surface area contributed by atoms with Crippen molar-refractivity contribution < 1.29 is 9.13 Å². The molecule has 1 atom stereocenters. The maximum absolute atomic E-state index is 13.6. The second kappa shape index (κ2) is 6.16. The molecule has 4 heteroatoms. The van der Waals surface area contributed by atoms with Gasteiger partial charge in [0.15, 0.2) is 0 Å². The quantitative estimate of drug-likeness (QED) is 0.878. The van der Waals surface area contributed by atoms with Crippen molar-refractivity contribution in [3.05, 3.63) is 62.4 Å². The molecule has 0 saturated carbocycles. The van der Waals surface area contributed by atoms with Gasteiger partial charge < -0.3 is 10.5 Å². The Morgan fingerprint density at radius 3 is 2.38 bits per heavy atom. The van der Waals surface area contributed by atoms with Crippen LogP contribution >= 0.6 is 15.9 Å². The lowest BCUT2D eigenvalue weighted by Gasteiger charge is -2.22. The Kier molecular flexibility index (Phi) is 4.69. The van der Waals surface area contributed by atoms with E-state index < -0.39 is 6.04 Å². The highest BCUT2D eigenvalue weighted by molar-refractivity contribution is 9.10. The second-order valence-electron chi connectivity index (χ2n) is 5.29. The fourth-order valence-corrected chi connectivity index (χ4v) is 3.19. The largest absolute Gasteiger partial charge is 0.496 e. The van der Waals surface area contributed by atoms with E-state index in [1.807, 2.05) is 32.9 Å². The first-order valence-corrected chi connectivity index (χ1v) is 7.50. The summed E-state index contributed by atoms with van der Waals surface area (Å²) in [5.74, 6) is 0.480. The van der Waals surface area contributed by atoms with Gasteiger partial charge in [-0.25, -0.2) is 4.39 Å². The van der Waals surface area contributed by atoms with E-state index in [4.69, 9.17) is 10.5 Å². The first-order chi connectivity index (χ1) is 9.85. The summed E-state index contributed by atoms with van der Waals surface area (Å²) in [6.07, 6.45) is 0. The van der Waals surface area contributed by atoms with Crippen LogP contribution < -0.4 is 10.5 Å². The monoisotopic (exact) mass is 351 g/mol. The lowest BCUT2D eigenvalue weighted by atomic mass is 9.92. The lowest BCUT2D eigenvalue weighted by molar-refractivity contribution is 0.404. The third kappa shape index (κ3) is 3.11. The molecule has 2 N–H and O–H groups in total. The van der Waals surface area contributed by atoms with Gasteiger partial charge in [0.2, 0.25) is 0 Å². The van der Waals surface area contributed by atoms with Crippen LogP contribution in [-0.4, -0.2) is 7.11 Å². The van der Waals surface area contributed by atoms with Crippen molar-refractivity contribution in [3.63, 3.8) is 0 Å². The number of rotatable bonds is 3. The first-order valence-electron chi connectivity index (χ1n) is 6.71. The fraction of sp³-hybridized carbons (Fsp3) is 0.294. The van der Waals surface area contributed by atoms with E-state index in [9.17, 15) is 4.39 Å². The Balaban J connectivity index is 2.64. The van der Waals surface area contributed by atoms with E-state index in [1.54, 1.807) is 7.11 Å². The Hall–Kier alpha value is -1.39. The first kappa shape index (κ1) is 16.0. The maximum atomic E-state index is 13.6. The zero-order chi connectivity index (χ0) is 15.7. The predicted molar refractivity (Wildman–Crippen MR) is 87.3 cm³/mol. The molecule has 2 rings (SSSR count). The van der Waals surface area contributed by atoms with Crippen LogP contribution in [0.5, 0.6) is 5.75 Å². The number of hydrogen-bond acceptors (Lipinski definition) is 2. The van der Waals surface area contributed by atoms with Gasteiger partial charge in [0, 0.05) is 10.0 Å². The van der Waals surface area contributed by atoms with Crippen molar-refractivity contribution in [2.24, 2.45) is 5.73 Å². The highest BCUT2D eigenvalue weighted by atomic mass is 79.9. The summed E-state index contributed by atoms with van der Waals surface area (Å²) < 4.78 is 20.1. The normalized spacial score (nSPS) is 12.3. The lowest BCUT2D eigenvalue weighted by Crippen LogP contribution is -2.16. The summed E-state index contributed by atoms with van der Waals surface area (Å²) in [4.78, 5) is 0. The number of hydrogen-bond donors (Lipinski definition) is 1. The van der Waals surface area contributed by atoms with Crippen LogP contribution in [0.4, 0.5) is 4.39 Å². The Morgan fingerprint density at radius 2 is 1.81 bits per heavy atom. The average Bonchev–Trinajstić information content (AvgIpc) is 2.40. The van der Waals surface area contributed by atoms with Gasteiger partial charge in [0.05, 0.1) is 13.2 Å². The van der Waals surface area contributed by atoms with E-state index in [-0.39, 0.29) is 5.82 Å². The van der Waals surface area contributed by atoms with Crippen molar-refractivity contribution in [1.82, 2.24) is 0 Å². The predicted octanol–water partition coefficient (Wildman–Crippen LogP) is 4.57. The number of benzene rings is 2. The number of methoxy groups -OCH3 is 1.